The van der Waals surface area contributed by atoms with Gasteiger partial charge in [0.25, 0.3) is 0 Å². The molecule has 1 heterocycles. The molecular formula is C14H25N3. The minimum absolute atomic E-state index is 0.515. The molecule has 0 saturated heterocycles. The molecule has 1 aliphatic rings. The van der Waals surface area contributed by atoms with Crippen molar-refractivity contribution in [3.05, 3.63) is 11.9 Å². The standard InChI is InChI=1S/C14H25N3/c1-10-8-14(3,4)7-6-12(10)15-13-9-17(5)16-11(13)2/h9-10,12,15H,6-8H2,1-5H3. The van der Waals surface area contributed by atoms with Crippen molar-refractivity contribution in [1.82, 2.24) is 9.78 Å². The van der Waals surface area contributed by atoms with Gasteiger partial charge in [-0.25, -0.2) is 0 Å². The van der Waals surface area contributed by atoms with Gasteiger partial charge in [-0.3, -0.25) is 4.68 Å². The summed E-state index contributed by atoms with van der Waals surface area (Å²) in [7, 11) is 1.98. The number of aromatic nitrogens is 2. The zero-order valence-corrected chi connectivity index (χ0v) is 11.7. The van der Waals surface area contributed by atoms with Gasteiger partial charge in [0.1, 0.15) is 0 Å². The van der Waals surface area contributed by atoms with E-state index in [0.717, 1.165) is 11.6 Å². The lowest BCUT2D eigenvalue weighted by Gasteiger charge is -2.39. The van der Waals surface area contributed by atoms with Crippen LogP contribution >= 0.6 is 0 Å². The molecule has 3 nitrogen and oxygen atoms in total. The van der Waals surface area contributed by atoms with Crippen molar-refractivity contribution in [1.29, 1.82) is 0 Å². The average molecular weight is 235 g/mol. The van der Waals surface area contributed by atoms with Crippen molar-refractivity contribution < 1.29 is 0 Å². The molecule has 1 N–H and O–H groups in total. The van der Waals surface area contributed by atoms with Crippen LogP contribution in [0, 0.1) is 18.3 Å². The maximum absolute atomic E-state index is 4.38. The third-order valence-electron chi connectivity index (χ3n) is 4.05. The maximum Gasteiger partial charge on any atom is 0.0825 e. The minimum Gasteiger partial charge on any atom is -0.379 e. The van der Waals surface area contributed by atoms with E-state index in [1.807, 2.05) is 11.7 Å². The molecule has 2 rings (SSSR count). The van der Waals surface area contributed by atoms with Gasteiger partial charge in [-0.15, -0.1) is 0 Å². The summed E-state index contributed by atoms with van der Waals surface area (Å²) < 4.78 is 1.88. The summed E-state index contributed by atoms with van der Waals surface area (Å²) in [6.45, 7) is 9.20. The summed E-state index contributed by atoms with van der Waals surface area (Å²) >= 11 is 0. The Hall–Kier alpha value is -0.990. The van der Waals surface area contributed by atoms with E-state index in [0.29, 0.717) is 11.5 Å². The Bertz CT molecular complexity index is 392. The quantitative estimate of drug-likeness (QED) is 0.852. The second-order valence-electron chi connectivity index (χ2n) is 6.44. The first-order valence-electron chi connectivity index (χ1n) is 6.64. The van der Waals surface area contributed by atoms with Gasteiger partial charge in [0.2, 0.25) is 0 Å². The normalized spacial score (nSPS) is 28.1. The van der Waals surface area contributed by atoms with Crippen LogP contribution in [0.2, 0.25) is 0 Å². The van der Waals surface area contributed by atoms with Crippen LogP contribution in [0.15, 0.2) is 6.20 Å². The largest absolute Gasteiger partial charge is 0.379 e. The summed E-state index contributed by atoms with van der Waals surface area (Å²) in [6.07, 6.45) is 5.97. The molecule has 1 aliphatic carbocycles. The lowest BCUT2D eigenvalue weighted by Crippen LogP contribution is -2.36. The van der Waals surface area contributed by atoms with Crippen molar-refractivity contribution in [2.45, 2.75) is 53.0 Å². The molecule has 2 atom stereocenters. The van der Waals surface area contributed by atoms with Gasteiger partial charge >= 0.3 is 0 Å². The van der Waals surface area contributed by atoms with E-state index >= 15 is 0 Å². The average Bonchev–Trinajstić information content (AvgIpc) is 2.49. The minimum atomic E-state index is 0.515. The zero-order chi connectivity index (χ0) is 12.6. The first-order valence-corrected chi connectivity index (χ1v) is 6.64. The summed E-state index contributed by atoms with van der Waals surface area (Å²) in [5.41, 5.74) is 2.82. The number of aryl methyl sites for hydroxylation is 2. The van der Waals surface area contributed by atoms with Crippen LogP contribution < -0.4 is 5.32 Å². The molecule has 96 valence electrons. The first-order chi connectivity index (χ1) is 7.87. The summed E-state index contributed by atoms with van der Waals surface area (Å²) in [5, 5.41) is 8.06. The number of anilines is 1. The summed E-state index contributed by atoms with van der Waals surface area (Å²) in [5.74, 6) is 0.735. The maximum atomic E-state index is 4.38. The highest BCUT2D eigenvalue weighted by Gasteiger charge is 2.32. The lowest BCUT2D eigenvalue weighted by atomic mass is 9.70. The topological polar surface area (TPSA) is 29.9 Å². The van der Waals surface area contributed by atoms with Crippen LogP contribution in [0.3, 0.4) is 0 Å². The van der Waals surface area contributed by atoms with Crippen LogP contribution in [0.25, 0.3) is 0 Å². The second kappa shape index (κ2) is 4.35. The highest BCUT2D eigenvalue weighted by Crippen LogP contribution is 2.39. The third-order valence-corrected chi connectivity index (χ3v) is 4.05. The Morgan fingerprint density at radius 2 is 2.18 bits per heavy atom. The molecule has 1 saturated carbocycles. The fourth-order valence-electron chi connectivity index (χ4n) is 3.10. The zero-order valence-electron chi connectivity index (χ0n) is 11.7. The van der Waals surface area contributed by atoms with Crippen LogP contribution in [0.4, 0.5) is 5.69 Å². The Kier molecular flexibility index (Phi) is 3.19. The highest BCUT2D eigenvalue weighted by atomic mass is 15.3. The lowest BCUT2D eigenvalue weighted by molar-refractivity contribution is 0.177. The van der Waals surface area contributed by atoms with Gasteiger partial charge in [0, 0.05) is 19.3 Å². The third kappa shape index (κ3) is 2.82. The molecular weight excluding hydrogens is 210 g/mol. The fourth-order valence-corrected chi connectivity index (χ4v) is 3.10. The van der Waals surface area contributed by atoms with Crippen LogP contribution in [-0.4, -0.2) is 15.8 Å². The molecule has 1 aromatic rings. The second-order valence-corrected chi connectivity index (χ2v) is 6.44. The monoisotopic (exact) mass is 235 g/mol. The molecule has 17 heavy (non-hydrogen) atoms. The molecule has 3 heteroatoms. The van der Waals surface area contributed by atoms with Crippen LogP contribution in [-0.2, 0) is 7.05 Å². The number of hydrogen-bond donors (Lipinski definition) is 1. The summed E-state index contributed by atoms with van der Waals surface area (Å²) in [6, 6.07) is 0.603. The van der Waals surface area contributed by atoms with Crippen LogP contribution in [0.1, 0.15) is 45.7 Å². The Balaban J connectivity index is 2.03. The number of hydrogen-bond acceptors (Lipinski definition) is 2. The predicted octanol–water partition coefficient (Wildman–Crippen LogP) is 3.36. The number of rotatable bonds is 2. The predicted molar refractivity (Wildman–Crippen MR) is 72.2 cm³/mol. The van der Waals surface area contributed by atoms with Crippen molar-refractivity contribution in [3.63, 3.8) is 0 Å². The fraction of sp³-hybridized carbons (Fsp3) is 0.786. The van der Waals surface area contributed by atoms with E-state index in [4.69, 9.17) is 0 Å². The Labute approximate surface area is 105 Å². The van der Waals surface area contributed by atoms with Gasteiger partial charge in [-0.05, 0) is 37.5 Å². The van der Waals surface area contributed by atoms with Crippen molar-refractivity contribution in [2.24, 2.45) is 18.4 Å². The summed E-state index contributed by atoms with van der Waals surface area (Å²) in [4.78, 5) is 0. The van der Waals surface area contributed by atoms with Gasteiger partial charge < -0.3 is 5.32 Å². The van der Waals surface area contributed by atoms with E-state index in [1.54, 1.807) is 0 Å². The molecule has 0 aliphatic heterocycles. The smallest absolute Gasteiger partial charge is 0.0825 e. The molecule has 0 aromatic carbocycles. The van der Waals surface area contributed by atoms with Gasteiger partial charge in [-0.2, -0.15) is 5.10 Å². The van der Waals surface area contributed by atoms with Crippen molar-refractivity contribution in [3.8, 4) is 0 Å². The van der Waals surface area contributed by atoms with E-state index in [9.17, 15) is 0 Å². The van der Waals surface area contributed by atoms with E-state index in [-0.39, 0.29) is 0 Å². The van der Waals surface area contributed by atoms with Gasteiger partial charge in [0.15, 0.2) is 0 Å². The van der Waals surface area contributed by atoms with Crippen LogP contribution in [0.5, 0.6) is 0 Å². The highest BCUT2D eigenvalue weighted by molar-refractivity contribution is 5.46. The van der Waals surface area contributed by atoms with E-state index < -0.39 is 0 Å². The molecule has 1 fully saturated rings. The van der Waals surface area contributed by atoms with E-state index in [2.05, 4.69) is 44.3 Å². The molecule has 1 aromatic heterocycles. The number of nitrogens with one attached hydrogen (secondary N) is 1. The van der Waals surface area contributed by atoms with Gasteiger partial charge in [0.05, 0.1) is 11.4 Å². The molecule has 2 unspecified atom stereocenters. The first kappa shape index (κ1) is 12.5. The van der Waals surface area contributed by atoms with Gasteiger partial charge in [-0.1, -0.05) is 20.8 Å². The molecule has 0 bridgehead atoms. The number of nitrogens with zero attached hydrogens (tertiary/aromatic N) is 2. The molecule has 0 spiro atoms. The Morgan fingerprint density at radius 3 is 2.71 bits per heavy atom. The SMILES string of the molecule is Cc1nn(C)cc1NC1CCC(C)(C)CC1C. The Morgan fingerprint density at radius 1 is 1.47 bits per heavy atom. The van der Waals surface area contributed by atoms with Crippen molar-refractivity contribution in [2.75, 3.05) is 5.32 Å². The van der Waals surface area contributed by atoms with E-state index in [1.165, 1.54) is 24.9 Å². The molecule has 0 radical (unpaired) electrons. The molecule has 0 amide bonds. The van der Waals surface area contributed by atoms with Crippen molar-refractivity contribution >= 4 is 5.69 Å².